The third kappa shape index (κ3) is 3.81. The summed E-state index contributed by atoms with van der Waals surface area (Å²) in [7, 11) is 0. The number of benzene rings is 2. The van der Waals surface area contributed by atoms with Gasteiger partial charge in [0.15, 0.2) is 0 Å². The molecule has 0 atom stereocenters. The summed E-state index contributed by atoms with van der Waals surface area (Å²) in [6, 6.07) is 10.8. The second-order valence-electron chi connectivity index (χ2n) is 4.56. The van der Waals surface area contributed by atoms with Gasteiger partial charge < -0.3 is 10.1 Å². The Kier molecular flexibility index (Phi) is 5.15. The van der Waals surface area contributed by atoms with Gasteiger partial charge in [0.2, 0.25) is 0 Å². The zero-order valence-corrected chi connectivity index (χ0v) is 13.1. The number of rotatable bonds is 5. The van der Waals surface area contributed by atoms with Crippen molar-refractivity contribution < 1.29 is 9.13 Å². The van der Waals surface area contributed by atoms with Crippen LogP contribution in [0, 0.1) is 12.7 Å². The topological polar surface area (TPSA) is 21.3 Å². The molecule has 2 rings (SSSR count). The van der Waals surface area contributed by atoms with Gasteiger partial charge in [0.25, 0.3) is 0 Å². The van der Waals surface area contributed by atoms with Gasteiger partial charge in [0.05, 0.1) is 4.47 Å². The number of hydrogen-bond donors (Lipinski definition) is 1. The van der Waals surface area contributed by atoms with E-state index in [-0.39, 0.29) is 5.82 Å². The number of halogens is 2. The predicted molar refractivity (Wildman–Crippen MR) is 82.7 cm³/mol. The molecule has 0 amide bonds. The summed E-state index contributed by atoms with van der Waals surface area (Å²) in [6.07, 6.45) is 0. The summed E-state index contributed by atoms with van der Waals surface area (Å²) in [4.78, 5) is 0. The molecule has 2 aromatic rings. The van der Waals surface area contributed by atoms with Gasteiger partial charge in [-0.15, -0.1) is 0 Å². The van der Waals surface area contributed by atoms with Gasteiger partial charge in [0.1, 0.15) is 17.3 Å². The summed E-state index contributed by atoms with van der Waals surface area (Å²) in [5.74, 6) is 1.11. The second-order valence-corrected chi connectivity index (χ2v) is 5.41. The lowest BCUT2D eigenvalue weighted by Crippen LogP contribution is -2.11. The molecule has 0 saturated carbocycles. The smallest absolute Gasteiger partial charge is 0.137 e. The van der Waals surface area contributed by atoms with E-state index in [0.29, 0.717) is 10.2 Å². The molecule has 2 aromatic carbocycles. The first kappa shape index (κ1) is 15.0. The summed E-state index contributed by atoms with van der Waals surface area (Å²) >= 11 is 3.16. The molecule has 0 unspecified atom stereocenters. The highest BCUT2D eigenvalue weighted by Gasteiger charge is 2.06. The fraction of sp³-hybridized carbons (Fsp3) is 0.250. The lowest BCUT2D eigenvalue weighted by Gasteiger charge is -2.11. The number of nitrogens with one attached hydrogen (secondary N) is 1. The summed E-state index contributed by atoms with van der Waals surface area (Å²) in [5.41, 5.74) is 2.21. The van der Waals surface area contributed by atoms with Crippen LogP contribution >= 0.6 is 15.9 Å². The molecule has 0 spiro atoms. The zero-order valence-electron chi connectivity index (χ0n) is 11.5. The minimum absolute atomic E-state index is 0.296. The minimum Gasteiger partial charge on any atom is -0.457 e. The SMILES string of the molecule is CCNCc1ccc(C)c(Oc2ccc(F)c(Br)c2)c1. The predicted octanol–water partition coefficient (Wildman–Crippen LogP) is 4.80. The van der Waals surface area contributed by atoms with Crippen LogP contribution in [0.1, 0.15) is 18.1 Å². The normalized spacial score (nSPS) is 10.6. The molecule has 4 heteroatoms. The molecule has 1 N–H and O–H groups in total. The maximum atomic E-state index is 13.2. The van der Waals surface area contributed by atoms with E-state index in [9.17, 15) is 4.39 Å². The quantitative estimate of drug-likeness (QED) is 0.846. The molecule has 0 fully saturated rings. The Balaban J connectivity index is 2.20. The van der Waals surface area contributed by atoms with E-state index in [2.05, 4.69) is 34.2 Å². The summed E-state index contributed by atoms with van der Waals surface area (Å²) in [6.45, 7) is 5.79. The highest BCUT2D eigenvalue weighted by molar-refractivity contribution is 9.10. The van der Waals surface area contributed by atoms with E-state index in [1.54, 1.807) is 12.1 Å². The summed E-state index contributed by atoms with van der Waals surface area (Å²) < 4.78 is 19.5. The molecule has 0 heterocycles. The third-order valence-electron chi connectivity index (χ3n) is 2.95. The third-order valence-corrected chi connectivity index (χ3v) is 3.56. The van der Waals surface area contributed by atoms with Crippen LogP contribution in [0.2, 0.25) is 0 Å². The van der Waals surface area contributed by atoms with Crippen molar-refractivity contribution >= 4 is 15.9 Å². The molecule has 0 saturated heterocycles. The Morgan fingerprint density at radius 2 is 2.00 bits per heavy atom. The molecule has 0 aliphatic carbocycles. The van der Waals surface area contributed by atoms with E-state index < -0.39 is 0 Å². The van der Waals surface area contributed by atoms with Crippen molar-refractivity contribution in [1.82, 2.24) is 5.32 Å². The lowest BCUT2D eigenvalue weighted by atomic mass is 10.1. The first-order valence-electron chi connectivity index (χ1n) is 6.53. The van der Waals surface area contributed by atoms with E-state index >= 15 is 0 Å². The molecule has 106 valence electrons. The molecule has 0 bridgehead atoms. The van der Waals surface area contributed by atoms with Crippen molar-refractivity contribution in [3.05, 3.63) is 57.8 Å². The summed E-state index contributed by atoms with van der Waals surface area (Å²) in [5, 5.41) is 3.28. The van der Waals surface area contributed by atoms with Gasteiger partial charge in [-0.2, -0.15) is 0 Å². The van der Waals surface area contributed by atoms with Gasteiger partial charge in [-0.1, -0.05) is 19.1 Å². The van der Waals surface area contributed by atoms with Crippen LogP contribution in [0.25, 0.3) is 0 Å². The number of aryl methyl sites for hydroxylation is 1. The van der Waals surface area contributed by atoms with Crippen molar-refractivity contribution in [2.75, 3.05) is 6.54 Å². The molecule has 0 aliphatic heterocycles. The molecule has 0 radical (unpaired) electrons. The number of hydrogen-bond acceptors (Lipinski definition) is 2. The monoisotopic (exact) mass is 337 g/mol. The Morgan fingerprint density at radius 1 is 1.20 bits per heavy atom. The first-order valence-corrected chi connectivity index (χ1v) is 7.32. The standard InChI is InChI=1S/C16H17BrFNO/c1-3-19-10-12-5-4-11(2)16(8-12)20-13-6-7-15(18)14(17)9-13/h4-9,19H,3,10H2,1-2H3. The second kappa shape index (κ2) is 6.86. The lowest BCUT2D eigenvalue weighted by molar-refractivity contribution is 0.475. The minimum atomic E-state index is -0.296. The van der Waals surface area contributed by atoms with Crippen LogP contribution in [0.5, 0.6) is 11.5 Å². The zero-order chi connectivity index (χ0) is 14.5. The molecule has 2 nitrogen and oxygen atoms in total. The molecule has 0 aliphatic rings. The van der Waals surface area contributed by atoms with Gasteiger partial charge >= 0.3 is 0 Å². The van der Waals surface area contributed by atoms with Gasteiger partial charge in [-0.25, -0.2) is 4.39 Å². The van der Waals surface area contributed by atoms with E-state index in [1.165, 1.54) is 6.07 Å². The average molecular weight is 338 g/mol. The van der Waals surface area contributed by atoms with Crippen molar-refractivity contribution in [2.45, 2.75) is 20.4 Å². The van der Waals surface area contributed by atoms with Crippen LogP contribution in [-0.4, -0.2) is 6.54 Å². The maximum absolute atomic E-state index is 13.2. The van der Waals surface area contributed by atoms with E-state index in [0.717, 1.165) is 30.0 Å². The van der Waals surface area contributed by atoms with Crippen molar-refractivity contribution in [3.8, 4) is 11.5 Å². The first-order chi connectivity index (χ1) is 9.60. The van der Waals surface area contributed by atoms with Crippen LogP contribution in [-0.2, 0) is 6.54 Å². The van der Waals surface area contributed by atoms with Gasteiger partial charge in [0, 0.05) is 6.54 Å². The van der Waals surface area contributed by atoms with Gasteiger partial charge in [-0.3, -0.25) is 0 Å². The number of ether oxygens (including phenoxy) is 1. The molecular weight excluding hydrogens is 321 g/mol. The Labute approximate surface area is 127 Å². The van der Waals surface area contributed by atoms with Crippen molar-refractivity contribution in [1.29, 1.82) is 0 Å². The highest BCUT2D eigenvalue weighted by atomic mass is 79.9. The fourth-order valence-corrected chi connectivity index (χ4v) is 2.16. The Hall–Kier alpha value is -1.39. The van der Waals surface area contributed by atoms with Crippen molar-refractivity contribution in [2.24, 2.45) is 0 Å². The van der Waals surface area contributed by atoms with Crippen LogP contribution in [0.15, 0.2) is 40.9 Å². The van der Waals surface area contributed by atoms with E-state index in [1.807, 2.05) is 19.1 Å². The molecule has 0 aromatic heterocycles. The Bertz CT molecular complexity index is 601. The van der Waals surface area contributed by atoms with Crippen LogP contribution in [0.4, 0.5) is 4.39 Å². The van der Waals surface area contributed by atoms with Crippen molar-refractivity contribution in [3.63, 3.8) is 0 Å². The Morgan fingerprint density at radius 3 is 2.70 bits per heavy atom. The van der Waals surface area contributed by atoms with Crippen LogP contribution < -0.4 is 10.1 Å². The fourth-order valence-electron chi connectivity index (χ4n) is 1.80. The maximum Gasteiger partial charge on any atom is 0.137 e. The van der Waals surface area contributed by atoms with Crippen LogP contribution in [0.3, 0.4) is 0 Å². The highest BCUT2D eigenvalue weighted by Crippen LogP contribution is 2.29. The van der Waals surface area contributed by atoms with E-state index in [4.69, 9.17) is 4.74 Å². The molecular formula is C16H17BrFNO. The molecule has 20 heavy (non-hydrogen) atoms. The average Bonchev–Trinajstić information content (AvgIpc) is 2.44. The largest absolute Gasteiger partial charge is 0.457 e. The van der Waals surface area contributed by atoms with Gasteiger partial charge in [-0.05, 0) is 64.8 Å².